The Morgan fingerprint density at radius 1 is 1.00 bits per heavy atom. The molecular weight excluding hydrogens is 384 g/mol. The Morgan fingerprint density at radius 3 is 2.57 bits per heavy atom. The smallest absolute Gasteiger partial charge is 0.287 e. The zero-order valence-electron chi connectivity index (χ0n) is 16.5. The molecule has 4 N–H and O–H groups in total. The molecule has 0 unspecified atom stereocenters. The monoisotopic (exact) mass is 408 g/mol. The van der Waals surface area contributed by atoms with Gasteiger partial charge in [0, 0.05) is 18.3 Å². The van der Waals surface area contributed by atoms with Gasteiger partial charge in [-0.25, -0.2) is 0 Å². The number of nitrogens with zero attached hydrogens (tertiary/aromatic N) is 1. The number of carbonyl (C=O) groups excluding carboxylic acids is 2. The van der Waals surface area contributed by atoms with Crippen molar-refractivity contribution in [3.63, 3.8) is 0 Å². The number of amides is 2. The van der Waals surface area contributed by atoms with E-state index in [2.05, 4.69) is 15.8 Å². The highest BCUT2D eigenvalue weighted by Gasteiger charge is 2.15. The number of carbonyl (C=O) groups is 2. The Balaban J connectivity index is 1.37. The number of aromatic nitrogens is 1. The lowest BCUT2D eigenvalue weighted by Crippen LogP contribution is -2.22. The van der Waals surface area contributed by atoms with E-state index in [1.54, 1.807) is 6.07 Å². The molecule has 0 atom stereocenters. The van der Waals surface area contributed by atoms with Crippen LogP contribution >= 0.6 is 0 Å². The Labute approximate surface area is 174 Å². The standard InChI is InChI=1S/C22H24N4O4/c23-21(27)20-14-19(26-30-20)22(28)25-18-8-4-7-16(13-18)9-10-24-11-12-29-15-17-5-2-1-3-6-17/h1-8,13-14,24H,9-12,15H2,(H2,23,27)(H,25,28). The second-order valence-electron chi connectivity index (χ2n) is 6.63. The van der Waals surface area contributed by atoms with Gasteiger partial charge in [-0.1, -0.05) is 47.6 Å². The minimum Gasteiger partial charge on any atom is -0.375 e. The normalized spacial score (nSPS) is 10.7. The molecule has 0 aliphatic heterocycles. The molecule has 3 aromatic rings. The molecule has 2 amide bonds. The second-order valence-corrected chi connectivity index (χ2v) is 6.63. The van der Waals surface area contributed by atoms with Crippen molar-refractivity contribution in [1.29, 1.82) is 0 Å². The molecule has 0 fully saturated rings. The van der Waals surface area contributed by atoms with Crippen LogP contribution in [-0.4, -0.2) is 36.7 Å². The summed E-state index contributed by atoms with van der Waals surface area (Å²) >= 11 is 0. The Hall–Kier alpha value is -3.49. The van der Waals surface area contributed by atoms with E-state index in [1.165, 1.54) is 6.07 Å². The molecule has 2 aromatic carbocycles. The number of benzene rings is 2. The fourth-order valence-electron chi connectivity index (χ4n) is 2.76. The van der Waals surface area contributed by atoms with Gasteiger partial charge in [-0.05, 0) is 36.2 Å². The molecule has 1 aromatic heterocycles. The van der Waals surface area contributed by atoms with Crippen LogP contribution in [0.1, 0.15) is 32.2 Å². The van der Waals surface area contributed by atoms with Crippen LogP contribution in [0.25, 0.3) is 0 Å². The first-order valence-electron chi connectivity index (χ1n) is 9.61. The van der Waals surface area contributed by atoms with Crippen molar-refractivity contribution < 1.29 is 18.8 Å². The van der Waals surface area contributed by atoms with Crippen molar-refractivity contribution in [3.05, 3.63) is 83.2 Å². The third kappa shape index (κ3) is 6.54. The minimum absolute atomic E-state index is 0.00799. The van der Waals surface area contributed by atoms with Crippen molar-refractivity contribution in [2.45, 2.75) is 13.0 Å². The molecule has 30 heavy (non-hydrogen) atoms. The first-order chi connectivity index (χ1) is 14.6. The number of anilines is 1. The SMILES string of the molecule is NC(=O)c1cc(C(=O)Nc2cccc(CCNCCOCc3ccccc3)c2)no1. The topological polar surface area (TPSA) is 119 Å². The fourth-order valence-corrected chi connectivity index (χ4v) is 2.76. The van der Waals surface area contributed by atoms with Crippen LogP contribution < -0.4 is 16.4 Å². The molecule has 1 heterocycles. The number of primary amides is 1. The maximum atomic E-state index is 12.2. The van der Waals surface area contributed by atoms with E-state index in [1.807, 2.05) is 48.5 Å². The number of rotatable bonds is 11. The lowest BCUT2D eigenvalue weighted by atomic mass is 10.1. The lowest BCUT2D eigenvalue weighted by molar-refractivity contribution is 0.0960. The van der Waals surface area contributed by atoms with Crippen molar-refractivity contribution in [1.82, 2.24) is 10.5 Å². The fraction of sp³-hybridized carbons (Fsp3) is 0.227. The Bertz CT molecular complexity index is 972. The molecule has 0 saturated carbocycles. The molecule has 3 rings (SSSR count). The van der Waals surface area contributed by atoms with Gasteiger partial charge < -0.3 is 25.6 Å². The maximum absolute atomic E-state index is 12.2. The summed E-state index contributed by atoms with van der Waals surface area (Å²) in [5.41, 5.74) is 7.95. The van der Waals surface area contributed by atoms with Crippen molar-refractivity contribution in [2.75, 3.05) is 25.0 Å². The van der Waals surface area contributed by atoms with Gasteiger partial charge in [0.05, 0.1) is 13.2 Å². The summed E-state index contributed by atoms with van der Waals surface area (Å²) < 4.78 is 10.4. The predicted octanol–water partition coefficient (Wildman–Crippen LogP) is 2.37. The molecule has 0 bridgehead atoms. The zero-order valence-corrected chi connectivity index (χ0v) is 16.5. The Morgan fingerprint density at radius 2 is 1.80 bits per heavy atom. The van der Waals surface area contributed by atoms with Gasteiger partial charge in [-0.15, -0.1) is 0 Å². The first kappa shape index (κ1) is 21.2. The highest BCUT2D eigenvalue weighted by molar-refractivity contribution is 6.04. The minimum atomic E-state index is -0.776. The van der Waals surface area contributed by atoms with Gasteiger partial charge in [-0.3, -0.25) is 9.59 Å². The highest BCUT2D eigenvalue weighted by atomic mass is 16.5. The van der Waals surface area contributed by atoms with Gasteiger partial charge in [-0.2, -0.15) is 0 Å². The third-order valence-electron chi connectivity index (χ3n) is 4.30. The van der Waals surface area contributed by atoms with E-state index in [4.69, 9.17) is 15.0 Å². The van der Waals surface area contributed by atoms with E-state index >= 15 is 0 Å². The maximum Gasteiger partial charge on any atom is 0.287 e. The third-order valence-corrected chi connectivity index (χ3v) is 4.30. The van der Waals surface area contributed by atoms with Crippen molar-refractivity contribution >= 4 is 17.5 Å². The second kappa shape index (κ2) is 10.9. The van der Waals surface area contributed by atoms with Crippen LogP contribution in [0, 0.1) is 0 Å². The molecule has 0 saturated heterocycles. The summed E-state index contributed by atoms with van der Waals surface area (Å²) in [5, 5.41) is 9.62. The molecule has 8 heteroatoms. The molecule has 0 radical (unpaired) electrons. The van der Waals surface area contributed by atoms with Gasteiger partial charge in [0.25, 0.3) is 11.8 Å². The predicted molar refractivity (Wildman–Crippen MR) is 112 cm³/mol. The summed E-state index contributed by atoms with van der Waals surface area (Å²) in [6, 6.07) is 18.8. The molecule has 156 valence electrons. The number of nitrogens with two attached hydrogens (primary N) is 1. The molecule has 8 nitrogen and oxygen atoms in total. The van der Waals surface area contributed by atoms with Gasteiger partial charge >= 0.3 is 0 Å². The van der Waals surface area contributed by atoms with Crippen LogP contribution in [0.3, 0.4) is 0 Å². The van der Waals surface area contributed by atoms with Crippen LogP contribution in [0.4, 0.5) is 5.69 Å². The summed E-state index contributed by atoms with van der Waals surface area (Å²) in [7, 11) is 0. The average Bonchev–Trinajstić information content (AvgIpc) is 3.25. The van der Waals surface area contributed by atoms with Crippen LogP contribution in [0.5, 0.6) is 0 Å². The summed E-state index contributed by atoms with van der Waals surface area (Å²) in [6.07, 6.45) is 0.804. The summed E-state index contributed by atoms with van der Waals surface area (Å²) in [6.45, 7) is 2.79. The largest absolute Gasteiger partial charge is 0.375 e. The number of ether oxygens (including phenoxy) is 1. The van der Waals surface area contributed by atoms with Crippen LogP contribution in [0.2, 0.25) is 0 Å². The Kier molecular flexibility index (Phi) is 7.71. The van der Waals surface area contributed by atoms with E-state index in [0.717, 1.165) is 30.6 Å². The molecule has 0 spiro atoms. The lowest BCUT2D eigenvalue weighted by Gasteiger charge is -2.08. The summed E-state index contributed by atoms with van der Waals surface area (Å²) in [4.78, 5) is 23.2. The highest BCUT2D eigenvalue weighted by Crippen LogP contribution is 2.13. The molecular formula is C22H24N4O4. The van der Waals surface area contributed by atoms with E-state index in [9.17, 15) is 9.59 Å². The number of hydrogen-bond acceptors (Lipinski definition) is 6. The quantitative estimate of drug-likeness (QED) is 0.419. The van der Waals surface area contributed by atoms with Crippen molar-refractivity contribution in [2.24, 2.45) is 5.73 Å². The first-order valence-corrected chi connectivity index (χ1v) is 9.61. The van der Waals surface area contributed by atoms with Gasteiger partial charge in [0.15, 0.2) is 5.69 Å². The van der Waals surface area contributed by atoms with Crippen LogP contribution in [-0.2, 0) is 17.8 Å². The number of nitrogens with one attached hydrogen (secondary N) is 2. The van der Waals surface area contributed by atoms with Gasteiger partial charge in [0.2, 0.25) is 5.76 Å². The van der Waals surface area contributed by atoms with Gasteiger partial charge in [0.1, 0.15) is 0 Å². The van der Waals surface area contributed by atoms with Crippen LogP contribution in [0.15, 0.2) is 65.2 Å². The molecule has 0 aliphatic carbocycles. The zero-order chi connectivity index (χ0) is 21.2. The average molecular weight is 408 g/mol. The van der Waals surface area contributed by atoms with Crippen molar-refractivity contribution in [3.8, 4) is 0 Å². The molecule has 0 aliphatic rings. The number of hydrogen-bond donors (Lipinski definition) is 3. The van der Waals surface area contributed by atoms with E-state index in [-0.39, 0.29) is 11.5 Å². The summed E-state index contributed by atoms with van der Waals surface area (Å²) in [5.74, 6) is -1.41. The van der Waals surface area contributed by atoms with E-state index < -0.39 is 11.8 Å². The van der Waals surface area contributed by atoms with E-state index in [0.29, 0.717) is 18.9 Å².